The fourth-order valence-corrected chi connectivity index (χ4v) is 2.82. The van der Waals surface area contributed by atoms with Crippen molar-refractivity contribution in [3.8, 4) is 5.75 Å². The molecule has 1 saturated heterocycles. The Balaban J connectivity index is 1.85. The molecule has 0 bridgehead atoms. The molecule has 1 aliphatic heterocycles. The first-order chi connectivity index (χ1) is 10.1. The third-order valence-corrected chi connectivity index (χ3v) is 3.88. The summed E-state index contributed by atoms with van der Waals surface area (Å²) in [4.78, 5) is 25.3. The average Bonchev–Trinajstić information content (AvgIpc) is 2.80. The summed E-state index contributed by atoms with van der Waals surface area (Å²) in [6.07, 6.45) is 2.89. The Morgan fingerprint density at radius 3 is 2.86 bits per heavy atom. The minimum Gasteiger partial charge on any atom is -0.491 e. The van der Waals surface area contributed by atoms with Gasteiger partial charge in [-0.3, -0.25) is 9.59 Å². The number of benzene rings is 1. The lowest BCUT2D eigenvalue weighted by atomic mass is 10.0. The maximum absolute atomic E-state index is 11.9. The Morgan fingerprint density at radius 2 is 2.14 bits per heavy atom. The predicted octanol–water partition coefficient (Wildman–Crippen LogP) is 2.92. The monoisotopic (exact) mass is 289 g/mol. The van der Waals surface area contributed by atoms with Crippen molar-refractivity contribution in [2.24, 2.45) is 5.92 Å². The highest BCUT2D eigenvalue weighted by Gasteiger charge is 2.28. The summed E-state index contributed by atoms with van der Waals surface area (Å²) in [5, 5.41) is 0. The average molecular weight is 289 g/mol. The van der Waals surface area contributed by atoms with Crippen molar-refractivity contribution in [3.63, 3.8) is 0 Å². The second-order valence-electron chi connectivity index (χ2n) is 5.60. The molecule has 0 radical (unpaired) electrons. The van der Waals surface area contributed by atoms with E-state index in [4.69, 9.17) is 4.74 Å². The van der Waals surface area contributed by atoms with Crippen LogP contribution in [0.25, 0.3) is 0 Å². The van der Waals surface area contributed by atoms with Crippen LogP contribution in [-0.4, -0.2) is 36.3 Å². The third kappa shape index (κ3) is 4.06. The first-order valence-corrected chi connectivity index (χ1v) is 7.62. The number of carbonyl (C=O) groups excluding carboxylic acids is 2. The molecule has 1 aliphatic rings. The first kappa shape index (κ1) is 15.5. The van der Waals surface area contributed by atoms with Crippen LogP contribution in [0.3, 0.4) is 0 Å². The van der Waals surface area contributed by atoms with Crippen LogP contribution in [0.2, 0.25) is 0 Å². The molecule has 0 aromatic heterocycles. The zero-order chi connectivity index (χ0) is 15.2. The Labute approximate surface area is 126 Å². The molecule has 1 atom stereocenters. The molecule has 0 N–H and O–H groups in total. The fourth-order valence-electron chi connectivity index (χ4n) is 2.82. The van der Waals surface area contributed by atoms with Gasteiger partial charge >= 0.3 is 0 Å². The van der Waals surface area contributed by atoms with Gasteiger partial charge in [-0.05, 0) is 31.4 Å². The number of ether oxygens (including phenoxy) is 1. The minimum absolute atomic E-state index is 0.00846. The Kier molecular flexibility index (Phi) is 5.37. The quantitative estimate of drug-likeness (QED) is 0.725. The number of para-hydroxylation sites is 1. The lowest BCUT2D eigenvalue weighted by Crippen LogP contribution is -2.30. The van der Waals surface area contributed by atoms with Crippen LogP contribution < -0.4 is 4.74 Å². The molecule has 21 heavy (non-hydrogen) atoms. The fraction of sp³-hybridized carbons (Fsp3) is 0.529. The topological polar surface area (TPSA) is 46.6 Å². The molecule has 0 aliphatic carbocycles. The number of amides is 1. The van der Waals surface area contributed by atoms with Gasteiger partial charge in [0.2, 0.25) is 5.91 Å². The Hall–Kier alpha value is -1.84. The van der Waals surface area contributed by atoms with Gasteiger partial charge < -0.3 is 9.64 Å². The van der Waals surface area contributed by atoms with Crippen molar-refractivity contribution >= 4 is 11.7 Å². The van der Waals surface area contributed by atoms with Crippen LogP contribution in [0.1, 0.15) is 43.5 Å². The molecule has 1 heterocycles. The van der Waals surface area contributed by atoms with Crippen LogP contribution in [0, 0.1) is 5.92 Å². The lowest BCUT2D eigenvalue weighted by molar-refractivity contribution is -0.128. The van der Waals surface area contributed by atoms with E-state index in [9.17, 15) is 9.59 Å². The van der Waals surface area contributed by atoms with E-state index in [1.54, 1.807) is 12.1 Å². The van der Waals surface area contributed by atoms with Crippen LogP contribution in [0.4, 0.5) is 0 Å². The van der Waals surface area contributed by atoms with Gasteiger partial charge in [0.15, 0.2) is 5.78 Å². The molecule has 0 spiro atoms. The van der Waals surface area contributed by atoms with E-state index in [1.807, 2.05) is 17.0 Å². The van der Waals surface area contributed by atoms with Gasteiger partial charge in [0, 0.05) is 13.0 Å². The van der Waals surface area contributed by atoms with Crippen molar-refractivity contribution in [2.75, 3.05) is 19.7 Å². The Morgan fingerprint density at radius 1 is 1.38 bits per heavy atom. The van der Waals surface area contributed by atoms with Gasteiger partial charge in [0.05, 0.1) is 12.1 Å². The molecule has 2 rings (SSSR count). The predicted molar refractivity (Wildman–Crippen MR) is 81.5 cm³/mol. The van der Waals surface area contributed by atoms with E-state index in [1.165, 1.54) is 6.92 Å². The van der Waals surface area contributed by atoms with E-state index in [0.717, 1.165) is 19.4 Å². The van der Waals surface area contributed by atoms with Gasteiger partial charge in [-0.25, -0.2) is 0 Å². The van der Waals surface area contributed by atoms with Crippen molar-refractivity contribution < 1.29 is 14.3 Å². The minimum atomic E-state index is -0.00846. The molecular weight excluding hydrogens is 266 g/mol. The van der Waals surface area contributed by atoms with E-state index < -0.39 is 0 Å². The van der Waals surface area contributed by atoms with Gasteiger partial charge in [0.1, 0.15) is 12.4 Å². The van der Waals surface area contributed by atoms with Crippen molar-refractivity contribution in [2.45, 2.75) is 33.1 Å². The normalized spacial score (nSPS) is 18.1. The second-order valence-corrected chi connectivity index (χ2v) is 5.60. The molecule has 1 aromatic carbocycles. The zero-order valence-electron chi connectivity index (χ0n) is 12.8. The van der Waals surface area contributed by atoms with E-state index in [0.29, 0.717) is 36.8 Å². The molecule has 1 fully saturated rings. The number of ketones is 1. The molecule has 4 heteroatoms. The highest BCUT2D eigenvalue weighted by Crippen LogP contribution is 2.22. The summed E-state index contributed by atoms with van der Waals surface area (Å²) >= 11 is 0. The second kappa shape index (κ2) is 7.25. The summed E-state index contributed by atoms with van der Waals surface area (Å²) in [5.74, 6) is 1.30. The molecule has 1 aromatic rings. The van der Waals surface area contributed by atoms with Crippen LogP contribution in [-0.2, 0) is 4.79 Å². The van der Waals surface area contributed by atoms with Crippen LogP contribution in [0.5, 0.6) is 5.75 Å². The van der Waals surface area contributed by atoms with E-state index in [-0.39, 0.29) is 11.7 Å². The lowest BCUT2D eigenvalue weighted by Gasteiger charge is -2.17. The SMILES string of the molecule is CCCC1CC(=O)N(CCOc2ccccc2C(C)=O)C1. The van der Waals surface area contributed by atoms with Gasteiger partial charge in [-0.15, -0.1) is 0 Å². The number of carbonyl (C=O) groups is 2. The summed E-state index contributed by atoms with van der Waals surface area (Å²) in [7, 11) is 0. The molecule has 1 amide bonds. The number of nitrogens with zero attached hydrogens (tertiary/aromatic N) is 1. The third-order valence-electron chi connectivity index (χ3n) is 3.88. The highest BCUT2D eigenvalue weighted by atomic mass is 16.5. The first-order valence-electron chi connectivity index (χ1n) is 7.62. The molecule has 114 valence electrons. The summed E-state index contributed by atoms with van der Waals surface area (Å²) < 4.78 is 5.69. The number of hydrogen-bond donors (Lipinski definition) is 0. The van der Waals surface area contributed by atoms with Crippen molar-refractivity contribution in [1.29, 1.82) is 0 Å². The van der Waals surface area contributed by atoms with Gasteiger partial charge in [0.25, 0.3) is 0 Å². The maximum atomic E-state index is 11.9. The van der Waals surface area contributed by atoms with E-state index in [2.05, 4.69) is 6.92 Å². The standard InChI is InChI=1S/C17H23NO3/c1-3-6-14-11-17(20)18(12-14)9-10-21-16-8-5-4-7-15(16)13(2)19/h4-5,7-8,14H,3,6,9-12H2,1-2H3. The number of rotatable bonds is 7. The number of likely N-dealkylation sites (tertiary alicyclic amines) is 1. The number of Topliss-reactive ketones (excluding diaryl/α,β-unsaturated/α-hetero) is 1. The smallest absolute Gasteiger partial charge is 0.223 e. The molecular formula is C17H23NO3. The number of hydrogen-bond acceptors (Lipinski definition) is 3. The zero-order valence-corrected chi connectivity index (χ0v) is 12.8. The maximum Gasteiger partial charge on any atom is 0.223 e. The van der Waals surface area contributed by atoms with Crippen molar-refractivity contribution in [3.05, 3.63) is 29.8 Å². The van der Waals surface area contributed by atoms with Crippen molar-refractivity contribution in [1.82, 2.24) is 4.90 Å². The van der Waals surface area contributed by atoms with E-state index >= 15 is 0 Å². The molecule has 0 saturated carbocycles. The summed E-state index contributed by atoms with van der Waals surface area (Å²) in [5.41, 5.74) is 0.592. The Bertz CT molecular complexity index is 513. The van der Waals surface area contributed by atoms with Crippen LogP contribution in [0.15, 0.2) is 24.3 Å². The summed E-state index contributed by atoms with van der Waals surface area (Å²) in [6, 6.07) is 7.22. The van der Waals surface area contributed by atoms with Gasteiger partial charge in [-0.2, -0.15) is 0 Å². The molecule has 1 unspecified atom stereocenters. The highest BCUT2D eigenvalue weighted by molar-refractivity contribution is 5.96. The van der Waals surface area contributed by atoms with Crippen LogP contribution >= 0.6 is 0 Å². The molecule has 4 nitrogen and oxygen atoms in total. The van der Waals surface area contributed by atoms with Gasteiger partial charge in [-0.1, -0.05) is 25.5 Å². The summed E-state index contributed by atoms with van der Waals surface area (Å²) in [6.45, 7) is 5.53. The largest absolute Gasteiger partial charge is 0.491 e.